The largest absolute Gasteiger partial charge is 0.353 e. The van der Waals surface area contributed by atoms with Gasteiger partial charge in [-0.3, -0.25) is 9.59 Å². The summed E-state index contributed by atoms with van der Waals surface area (Å²) < 4.78 is 0. The number of carbonyl (C=O) groups is 2. The topological polar surface area (TPSA) is 52.7 Å². The minimum absolute atomic E-state index is 0.0827. The highest BCUT2D eigenvalue weighted by Crippen LogP contribution is 2.21. The number of likely N-dealkylation sites (tertiary alicyclic amines) is 1. The summed E-state index contributed by atoms with van der Waals surface area (Å²) in [7, 11) is 4.02. The average molecular weight is 317 g/mol. The molecule has 2 amide bonds. The molecule has 23 heavy (non-hydrogen) atoms. The molecule has 5 heteroatoms. The highest BCUT2D eigenvalue weighted by atomic mass is 16.2. The third-order valence-corrected chi connectivity index (χ3v) is 4.42. The van der Waals surface area contributed by atoms with Gasteiger partial charge in [-0.15, -0.1) is 0 Å². The van der Waals surface area contributed by atoms with Crippen LogP contribution in [0, 0.1) is 6.92 Å². The summed E-state index contributed by atoms with van der Waals surface area (Å²) in [6, 6.07) is 8.34. The molecule has 5 nitrogen and oxygen atoms in total. The maximum atomic E-state index is 12.2. The van der Waals surface area contributed by atoms with Crippen molar-refractivity contribution in [3.63, 3.8) is 0 Å². The number of piperidine rings is 1. The molecule has 0 saturated carbocycles. The molecule has 1 atom stereocenters. The van der Waals surface area contributed by atoms with E-state index in [0.29, 0.717) is 19.5 Å². The Hall–Kier alpha value is -1.88. The second-order valence-corrected chi connectivity index (χ2v) is 6.41. The number of benzene rings is 1. The standard InChI is InChI=1S/C18H27N3O2/c1-14-8-4-5-9-15(14)16(20(2)3)12-19-17(22)13-21-11-7-6-10-18(21)23/h4-5,8-9,16H,6-7,10-13H2,1-3H3,(H,19,22)/t16-/m1/s1. The summed E-state index contributed by atoms with van der Waals surface area (Å²) in [5, 5.41) is 2.98. The molecular formula is C18H27N3O2. The van der Waals surface area contributed by atoms with E-state index in [2.05, 4.69) is 29.3 Å². The number of hydrogen-bond acceptors (Lipinski definition) is 3. The van der Waals surface area contributed by atoms with Crippen LogP contribution in [0.4, 0.5) is 0 Å². The number of hydrogen-bond donors (Lipinski definition) is 1. The van der Waals surface area contributed by atoms with Gasteiger partial charge in [-0.2, -0.15) is 0 Å². The van der Waals surface area contributed by atoms with Crippen molar-refractivity contribution in [2.24, 2.45) is 0 Å². The first kappa shape index (κ1) is 17.5. The molecule has 0 spiro atoms. The molecule has 0 radical (unpaired) electrons. The summed E-state index contributed by atoms with van der Waals surface area (Å²) in [4.78, 5) is 27.7. The molecule has 1 N–H and O–H groups in total. The SMILES string of the molecule is Cc1ccccc1[C@@H](CNC(=O)CN1CCCCC1=O)N(C)C. The quantitative estimate of drug-likeness (QED) is 0.869. The molecule has 1 fully saturated rings. The summed E-state index contributed by atoms with van der Waals surface area (Å²) in [6.45, 7) is 3.49. The van der Waals surface area contributed by atoms with E-state index in [1.54, 1.807) is 4.90 Å². The lowest BCUT2D eigenvalue weighted by Gasteiger charge is -2.28. The van der Waals surface area contributed by atoms with Crippen molar-refractivity contribution < 1.29 is 9.59 Å². The second-order valence-electron chi connectivity index (χ2n) is 6.41. The van der Waals surface area contributed by atoms with E-state index in [9.17, 15) is 9.59 Å². The van der Waals surface area contributed by atoms with Gasteiger partial charge in [0.05, 0.1) is 12.6 Å². The predicted molar refractivity (Wildman–Crippen MR) is 91.0 cm³/mol. The summed E-state index contributed by atoms with van der Waals surface area (Å²) >= 11 is 0. The Balaban J connectivity index is 1.92. The van der Waals surface area contributed by atoms with Crippen LogP contribution in [0.15, 0.2) is 24.3 Å². The Labute approximate surface area is 138 Å². The molecule has 1 heterocycles. The first-order valence-electron chi connectivity index (χ1n) is 8.25. The Morgan fingerprint density at radius 2 is 2.04 bits per heavy atom. The minimum atomic E-state index is -0.0827. The van der Waals surface area contributed by atoms with Crippen LogP contribution in [0.5, 0.6) is 0 Å². The zero-order valence-corrected chi connectivity index (χ0v) is 14.3. The highest BCUT2D eigenvalue weighted by Gasteiger charge is 2.22. The molecule has 0 unspecified atom stereocenters. The van der Waals surface area contributed by atoms with E-state index in [1.165, 1.54) is 11.1 Å². The lowest BCUT2D eigenvalue weighted by molar-refractivity contribution is -0.137. The molecule has 1 aliphatic rings. The average Bonchev–Trinajstić information content (AvgIpc) is 2.51. The molecule has 2 rings (SSSR count). The van der Waals surface area contributed by atoms with E-state index in [0.717, 1.165) is 12.8 Å². The molecule has 1 aliphatic heterocycles. The summed E-state index contributed by atoms with van der Waals surface area (Å²) in [6.07, 6.45) is 2.49. The van der Waals surface area contributed by atoms with Crippen LogP contribution in [0.25, 0.3) is 0 Å². The number of carbonyl (C=O) groups excluding carboxylic acids is 2. The number of likely N-dealkylation sites (N-methyl/N-ethyl adjacent to an activating group) is 1. The van der Waals surface area contributed by atoms with Crippen LogP contribution in [-0.4, -0.2) is 55.3 Å². The Bertz CT molecular complexity index is 557. The van der Waals surface area contributed by atoms with Crippen molar-refractivity contribution in [1.29, 1.82) is 0 Å². The van der Waals surface area contributed by atoms with Gasteiger partial charge < -0.3 is 15.1 Å². The van der Waals surface area contributed by atoms with Crippen molar-refractivity contribution >= 4 is 11.8 Å². The third-order valence-electron chi connectivity index (χ3n) is 4.42. The van der Waals surface area contributed by atoms with Gasteiger partial charge in [0.2, 0.25) is 11.8 Å². The van der Waals surface area contributed by atoms with Gasteiger partial charge in [-0.05, 0) is 45.0 Å². The van der Waals surface area contributed by atoms with Crippen molar-refractivity contribution in [2.45, 2.75) is 32.2 Å². The summed E-state index contributed by atoms with van der Waals surface area (Å²) in [5.41, 5.74) is 2.43. The molecule has 1 saturated heterocycles. The number of amides is 2. The van der Waals surface area contributed by atoms with Gasteiger partial charge in [0.25, 0.3) is 0 Å². The zero-order chi connectivity index (χ0) is 16.8. The molecular weight excluding hydrogens is 290 g/mol. The molecule has 0 aromatic heterocycles. The fourth-order valence-corrected chi connectivity index (χ4v) is 3.00. The van der Waals surface area contributed by atoms with Crippen molar-refractivity contribution in [1.82, 2.24) is 15.1 Å². The Kier molecular flexibility index (Phi) is 6.16. The van der Waals surface area contributed by atoms with E-state index in [-0.39, 0.29) is 24.4 Å². The van der Waals surface area contributed by atoms with Crippen LogP contribution in [0.1, 0.15) is 36.4 Å². The fraction of sp³-hybridized carbons (Fsp3) is 0.556. The number of nitrogens with one attached hydrogen (secondary N) is 1. The molecule has 126 valence electrons. The molecule has 1 aromatic rings. The van der Waals surface area contributed by atoms with Gasteiger partial charge in [0, 0.05) is 19.5 Å². The fourth-order valence-electron chi connectivity index (χ4n) is 3.00. The Morgan fingerprint density at radius 3 is 2.70 bits per heavy atom. The normalized spacial score (nSPS) is 16.5. The maximum Gasteiger partial charge on any atom is 0.239 e. The van der Waals surface area contributed by atoms with Crippen LogP contribution < -0.4 is 5.32 Å². The number of nitrogens with zero attached hydrogens (tertiary/aromatic N) is 2. The monoisotopic (exact) mass is 317 g/mol. The minimum Gasteiger partial charge on any atom is -0.353 e. The second kappa shape index (κ2) is 8.11. The van der Waals surface area contributed by atoms with E-state index >= 15 is 0 Å². The van der Waals surface area contributed by atoms with Gasteiger partial charge in [-0.1, -0.05) is 24.3 Å². The van der Waals surface area contributed by atoms with Crippen LogP contribution in [0.2, 0.25) is 0 Å². The molecule has 0 bridgehead atoms. The maximum absolute atomic E-state index is 12.2. The van der Waals surface area contributed by atoms with Crippen LogP contribution in [-0.2, 0) is 9.59 Å². The van der Waals surface area contributed by atoms with Crippen molar-refractivity contribution in [3.05, 3.63) is 35.4 Å². The van der Waals surface area contributed by atoms with E-state index < -0.39 is 0 Å². The van der Waals surface area contributed by atoms with E-state index in [1.807, 2.05) is 26.2 Å². The van der Waals surface area contributed by atoms with Crippen LogP contribution >= 0.6 is 0 Å². The first-order chi connectivity index (χ1) is 11.0. The number of aryl methyl sites for hydroxylation is 1. The lowest BCUT2D eigenvalue weighted by atomic mass is 10.0. The third kappa shape index (κ3) is 4.79. The highest BCUT2D eigenvalue weighted by molar-refractivity contribution is 5.85. The molecule has 1 aromatic carbocycles. The Morgan fingerprint density at radius 1 is 1.30 bits per heavy atom. The van der Waals surface area contributed by atoms with Gasteiger partial charge in [0.1, 0.15) is 0 Å². The predicted octanol–water partition coefficient (Wildman–Crippen LogP) is 1.73. The smallest absolute Gasteiger partial charge is 0.239 e. The summed E-state index contributed by atoms with van der Waals surface area (Å²) in [5.74, 6) is 0.00940. The van der Waals surface area contributed by atoms with Crippen molar-refractivity contribution in [3.8, 4) is 0 Å². The van der Waals surface area contributed by atoms with Gasteiger partial charge >= 0.3 is 0 Å². The van der Waals surface area contributed by atoms with Crippen LogP contribution in [0.3, 0.4) is 0 Å². The van der Waals surface area contributed by atoms with E-state index in [4.69, 9.17) is 0 Å². The zero-order valence-electron chi connectivity index (χ0n) is 14.3. The molecule has 0 aliphatic carbocycles. The first-order valence-corrected chi connectivity index (χ1v) is 8.25. The van der Waals surface area contributed by atoms with Gasteiger partial charge in [0.15, 0.2) is 0 Å². The van der Waals surface area contributed by atoms with Gasteiger partial charge in [-0.25, -0.2) is 0 Å². The number of rotatable bonds is 6. The lowest BCUT2D eigenvalue weighted by Crippen LogP contribution is -2.44. The van der Waals surface area contributed by atoms with Crippen molar-refractivity contribution in [2.75, 3.05) is 33.7 Å².